The predicted molar refractivity (Wildman–Crippen MR) is 70.0 cm³/mol. The van der Waals surface area contributed by atoms with E-state index in [1.54, 1.807) is 0 Å². The Bertz CT molecular complexity index is 608. The quantitative estimate of drug-likeness (QED) is 0.862. The number of nitrogens with zero attached hydrogens (tertiary/aromatic N) is 3. The van der Waals surface area contributed by atoms with E-state index in [9.17, 15) is 5.26 Å². The van der Waals surface area contributed by atoms with Crippen LogP contribution in [-0.2, 0) is 6.54 Å². The minimum atomic E-state index is 0.285. The van der Waals surface area contributed by atoms with Crippen molar-refractivity contribution in [2.45, 2.75) is 19.0 Å². The summed E-state index contributed by atoms with van der Waals surface area (Å²) in [6, 6.07) is 8.53. The maximum atomic E-state index is 9.32. The number of rotatable bonds is 2. The van der Waals surface area contributed by atoms with Crippen LogP contribution in [0.1, 0.15) is 17.5 Å². The average Bonchev–Trinajstić information content (AvgIpc) is 2.92. The molecule has 0 amide bonds. The molecule has 18 heavy (non-hydrogen) atoms. The molecule has 0 aromatic carbocycles. The molecule has 2 aromatic rings. The van der Waals surface area contributed by atoms with Gasteiger partial charge >= 0.3 is 0 Å². The molecule has 4 heteroatoms. The van der Waals surface area contributed by atoms with E-state index in [4.69, 9.17) is 5.73 Å². The molecule has 1 fully saturated rings. The predicted octanol–water partition coefficient (Wildman–Crippen LogP) is 1.34. The minimum Gasteiger partial charge on any atom is -0.326 e. The third kappa shape index (κ3) is 1.88. The lowest BCUT2D eigenvalue weighted by atomic mass is 10.1. The Morgan fingerprint density at radius 3 is 3.06 bits per heavy atom. The average molecular weight is 240 g/mol. The number of nitrogens with two attached hydrogens (primary N) is 1. The fourth-order valence-corrected chi connectivity index (χ4v) is 2.67. The molecule has 4 nitrogen and oxygen atoms in total. The second kappa shape index (κ2) is 4.45. The lowest BCUT2D eigenvalue weighted by molar-refractivity contribution is 0.327. The van der Waals surface area contributed by atoms with Crippen LogP contribution in [0.2, 0.25) is 0 Å². The van der Waals surface area contributed by atoms with E-state index in [0.29, 0.717) is 0 Å². The molecule has 0 saturated carbocycles. The Labute approximate surface area is 106 Å². The molecule has 1 saturated heterocycles. The van der Waals surface area contributed by atoms with Crippen molar-refractivity contribution in [3.63, 3.8) is 0 Å². The summed E-state index contributed by atoms with van der Waals surface area (Å²) >= 11 is 0. The lowest BCUT2D eigenvalue weighted by Crippen LogP contribution is -2.26. The van der Waals surface area contributed by atoms with Crippen molar-refractivity contribution >= 4 is 5.52 Å². The van der Waals surface area contributed by atoms with E-state index < -0.39 is 0 Å². The zero-order valence-electron chi connectivity index (χ0n) is 10.2. The highest BCUT2D eigenvalue weighted by atomic mass is 15.2. The van der Waals surface area contributed by atoms with Crippen LogP contribution in [0, 0.1) is 11.3 Å². The van der Waals surface area contributed by atoms with E-state index in [1.807, 2.05) is 28.8 Å². The van der Waals surface area contributed by atoms with Gasteiger partial charge in [-0.1, -0.05) is 6.07 Å². The van der Waals surface area contributed by atoms with Gasteiger partial charge in [0.2, 0.25) is 0 Å². The van der Waals surface area contributed by atoms with Crippen molar-refractivity contribution in [2.75, 3.05) is 13.1 Å². The molecule has 3 rings (SSSR count). The summed E-state index contributed by atoms with van der Waals surface area (Å²) in [5.41, 5.74) is 8.78. The zero-order chi connectivity index (χ0) is 12.5. The molecule has 92 valence electrons. The van der Waals surface area contributed by atoms with Crippen molar-refractivity contribution in [1.82, 2.24) is 9.30 Å². The van der Waals surface area contributed by atoms with Gasteiger partial charge in [0.25, 0.3) is 0 Å². The van der Waals surface area contributed by atoms with Crippen molar-refractivity contribution in [3.05, 3.63) is 41.7 Å². The van der Waals surface area contributed by atoms with Crippen LogP contribution >= 0.6 is 0 Å². The second-order valence-corrected chi connectivity index (χ2v) is 4.92. The normalized spacial score (nSPS) is 20.3. The van der Waals surface area contributed by atoms with Gasteiger partial charge in [-0.3, -0.25) is 4.90 Å². The summed E-state index contributed by atoms with van der Waals surface area (Å²) in [6.07, 6.45) is 5.09. The molecule has 2 N–H and O–H groups in total. The van der Waals surface area contributed by atoms with Gasteiger partial charge < -0.3 is 10.1 Å². The Kier molecular flexibility index (Phi) is 2.78. The number of hydrogen-bond acceptors (Lipinski definition) is 3. The highest BCUT2D eigenvalue weighted by molar-refractivity contribution is 5.65. The van der Waals surface area contributed by atoms with Crippen LogP contribution in [0.3, 0.4) is 0 Å². The number of pyridine rings is 1. The number of likely N-dealkylation sites (tertiary alicyclic amines) is 1. The molecule has 2 aromatic heterocycles. The van der Waals surface area contributed by atoms with Gasteiger partial charge in [-0.05, 0) is 18.6 Å². The standard InChI is InChI=1S/C14H16N4/c15-7-13-11(8-17-6-4-12(16)10-17)9-18-5-2-1-3-14(13)18/h1-3,5,9,12H,4,6,8,10,16H2. The Morgan fingerprint density at radius 2 is 2.33 bits per heavy atom. The fraction of sp³-hybridized carbons (Fsp3) is 0.357. The molecule has 0 radical (unpaired) electrons. The molecule has 3 heterocycles. The van der Waals surface area contributed by atoms with Crippen molar-refractivity contribution in [2.24, 2.45) is 5.73 Å². The first kappa shape index (κ1) is 11.3. The smallest absolute Gasteiger partial charge is 0.102 e. The molecule has 1 unspecified atom stereocenters. The molecule has 1 aliphatic rings. The summed E-state index contributed by atoms with van der Waals surface area (Å²) in [5, 5.41) is 9.32. The SMILES string of the molecule is N#Cc1c(CN2CCC(N)C2)cn2ccccc12. The highest BCUT2D eigenvalue weighted by Crippen LogP contribution is 2.21. The monoisotopic (exact) mass is 240 g/mol. The van der Waals surface area contributed by atoms with E-state index in [1.165, 1.54) is 0 Å². The van der Waals surface area contributed by atoms with Crippen LogP contribution in [-0.4, -0.2) is 28.4 Å². The second-order valence-electron chi connectivity index (χ2n) is 4.92. The van der Waals surface area contributed by atoms with Crippen molar-refractivity contribution in [1.29, 1.82) is 5.26 Å². The molecular weight excluding hydrogens is 224 g/mol. The highest BCUT2D eigenvalue weighted by Gasteiger charge is 2.21. The van der Waals surface area contributed by atoms with Crippen LogP contribution < -0.4 is 5.73 Å². The van der Waals surface area contributed by atoms with Gasteiger partial charge in [0, 0.05) is 43.6 Å². The van der Waals surface area contributed by atoms with Gasteiger partial charge in [0.1, 0.15) is 6.07 Å². The number of hydrogen-bond donors (Lipinski definition) is 1. The van der Waals surface area contributed by atoms with Crippen LogP contribution in [0.15, 0.2) is 30.6 Å². The van der Waals surface area contributed by atoms with Gasteiger partial charge in [-0.2, -0.15) is 5.26 Å². The molecule has 1 atom stereocenters. The van der Waals surface area contributed by atoms with E-state index >= 15 is 0 Å². The number of fused-ring (bicyclic) bond motifs is 1. The summed E-state index contributed by atoms with van der Waals surface area (Å²) in [5.74, 6) is 0. The fourth-order valence-electron chi connectivity index (χ4n) is 2.67. The first-order chi connectivity index (χ1) is 8.78. The summed E-state index contributed by atoms with van der Waals surface area (Å²) in [4.78, 5) is 2.32. The van der Waals surface area contributed by atoms with Gasteiger partial charge in [-0.25, -0.2) is 0 Å². The van der Waals surface area contributed by atoms with Crippen LogP contribution in [0.4, 0.5) is 0 Å². The maximum Gasteiger partial charge on any atom is 0.102 e. The number of aromatic nitrogens is 1. The number of nitriles is 1. The van der Waals surface area contributed by atoms with Gasteiger partial charge in [-0.15, -0.1) is 0 Å². The summed E-state index contributed by atoms with van der Waals surface area (Å²) in [6.45, 7) is 2.77. The molecular formula is C14H16N4. The van der Waals surface area contributed by atoms with Crippen LogP contribution in [0.25, 0.3) is 5.52 Å². The van der Waals surface area contributed by atoms with E-state index in [-0.39, 0.29) is 6.04 Å². The Morgan fingerprint density at radius 1 is 1.44 bits per heavy atom. The molecule has 0 spiro atoms. The third-order valence-corrected chi connectivity index (χ3v) is 3.58. The maximum absolute atomic E-state index is 9.32. The first-order valence-corrected chi connectivity index (χ1v) is 6.24. The molecule has 0 bridgehead atoms. The van der Waals surface area contributed by atoms with Gasteiger partial charge in [0.15, 0.2) is 0 Å². The van der Waals surface area contributed by atoms with Crippen molar-refractivity contribution < 1.29 is 0 Å². The Hall–Kier alpha value is -1.83. The van der Waals surface area contributed by atoms with E-state index in [2.05, 4.69) is 17.2 Å². The van der Waals surface area contributed by atoms with E-state index in [0.717, 1.165) is 42.7 Å². The third-order valence-electron chi connectivity index (χ3n) is 3.58. The minimum absolute atomic E-state index is 0.285. The molecule has 0 aliphatic carbocycles. The Balaban J connectivity index is 1.94. The zero-order valence-corrected chi connectivity index (χ0v) is 10.2. The van der Waals surface area contributed by atoms with Crippen LogP contribution in [0.5, 0.6) is 0 Å². The van der Waals surface area contributed by atoms with Crippen molar-refractivity contribution in [3.8, 4) is 6.07 Å². The largest absolute Gasteiger partial charge is 0.326 e. The first-order valence-electron chi connectivity index (χ1n) is 6.24. The molecule has 1 aliphatic heterocycles. The summed E-state index contributed by atoms with van der Waals surface area (Å²) < 4.78 is 2.02. The lowest BCUT2D eigenvalue weighted by Gasteiger charge is -2.13. The van der Waals surface area contributed by atoms with Gasteiger partial charge in [0.05, 0.1) is 11.1 Å². The summed E-state index contributed by atoms with van der Waals surface area (Å²) in [7, 11) is 0. The topological polar surface area (TPSA) is 57.5 Å².